The molecule has 1 aromatic carbocycles. The number of aryl methyl sites for hydroxylation is 2. The highest BCUT2D eigenvalue weighted by Crippen LogP contribution is 2.47. The minimum absolute atomic E-state index is 0.194. The van der Waals surface area contributed by atoms with Gasteiger partial charge in [0.05, 0.1) is 5.60 Å². The Kier molecular flexibility index (Phi) is 4.30. The second-order valence-corrected chi connectivity index (χ2v) is 11.6. The minimum Gasteiger partial charge on any atom is -0.385 e. The number of ketones is 1. The number of hydrogen-bond acceptors (Lipinski definition) is 5. The predicted molar refractivity (Wildman–Crippen MR) is 109 cm³/mol. The average Bonchev–Trinajstić information content (AvgIpc) is 3.13. The van der Waals surface area contributed by atoms with Gasteiger partial charge in [0.1, 0.15) is 9.96 Å². The third kappa shape index (κ3) is 3.15. The highest BCUT2D eigenvalue weighted by atomic mass is 32.2. The molecule has 2 aromatic rings. The lowest BCUT2D eigenvalue weighted by Crippen LogP contribution is -2.19. The lowest BCUT2D eigenvalue weighted by Gasteiger charge is -2.14. The highest BCUT2D eigenvalue weighted by molar-refractivity contribution is 7.94. The molecule has 6 heteroatoms. The van der Waals surface area contributed by atoms with Gasteiger partial charge in [-0.1, -0.05) is 6.07 Å². The summed E-state index contributed by atoms with van der Waals surface area (Å²) in [4.78, 5) is 12.8. The molecule has 0 unspecified atom stereocenters. The lowest BCUT2D eigenvalue weighted by atomic mass is 9.91. The van der Waals surface area contributed by atoms with Gasteiger partial charge in [-0.2, -0.15) is 0 Å². The average molecular weight is 417 g/mol. The van der Waals surface area contributed by atoms with Crippen LogP contribution in [-0.4, -0.2) is 25.1 Å². The summed E-state index contributed by atoms with van der Waals surface area (Å²) in [5, 5.41) is 11.9. The summed E-state index contributed by atoms with van der Waals surface area (Å²) >= 11 is 1.11. The van der Waals surface area contributed by atoms with Crippen LogP contribution in [0.15, 0.2) is 21.7 Å². The van der Waals surface area contributed by atoms with Gasteiger partial charge in [-0.15, -0.1) is 11.3 Å². The molecule has 1 fully saturated rings. The Hall–Kier alpha value is -1.50. The molecule has 3 aliphatic rings. The van der Waals surface area contributed by atoms with Gasteiger partial charge in [-0.25, -0.2) is 8.42 Å². The Balaban J connectivity index is 1.38. The maximum absolute atomic E-state index is 12.8. The Morgan fingerprint density at radius 1 is 1.04 bits per heavy atom. The van der Waals surface area contributed by atoms with Crippen LogP contribution in [0.5, 0.6) is 0 Å². The Bertz CT molecular complexity index is 1040. The second-order valence-electron chi connectivity index (χ2n) is 8.50. The first-order valence-electron chi connectivity index (χ1n) is 10.1. The fourth-order valence-electron chi connectivity index (χ4n) is 4.81. The molecule has 28 heavy (non-hydrogen) atoms. The molecule has 1 saturated carbocycles. The van der Waals surface area contributed by atoms with Gasteiger partial charge in [0.2, 0.25) is 0 Å². The normalized spacial score (nSPS) is 19.5. The maximum atomic E-state index is 12.8. The third-order valence-electron chi connectivity index (χ3n) is 6.47. The molecule has 0 amide bonds. The Morgan fingerprint density at radius 2 is 1.68 bits per heavy atom. The minimum atomic E-state index is -3.66. The van der Waals surface area contributed by atoms with E-state index in [4.69, 9.17) is 0 Å². The van der Waals surface area contributed by atoms with Crippen LogP contribution in [0.1, 0.15) is 59.1 Å². The summed E-state index contributed by atoms with van der Waals surface area (Å²) in [6.07, 6.45) is 7.98. The van der Waals surface area contributed by atoms with Crippen molar-refractivity contribution in [2.45, 2.75) is 67.6 Å². The van der Waals surface area contributed by atoms with Crippen molar-refractivity contribution in [1.29, 1.82) is 0 Å². The fourth-order valence-corrected chi connectivity index (χ4v) is 7.42. The number of sulfone groups is 1. The number of benzene rings is 1. The van der Waals surface area contributed by atoms with Crippen molar-refractivity contribution in [1.82, 2.24) is 0 Å². The van der Waals surface area contributed by atoms with E-state index in [2.05, 4.69) is 6.07 Å². The number of Topliss-reactive ketones (excluding diaryl/α,β-unsaturated/α-hetero) is 1. The van der Waals surface area contributed by atoms with E-state index < -0.39 is 21.2 Å². The molecule has 1 heterocycles. The van der Waals surface area contributed by atoms with Crippen molar-refractivity contribution < 1.29 is 18.3 Å². The number of carbonyl (C=O) groups excluding carboxylic acids is 1. The van der Waals surface area contributed by atoms with Crippen LogP contribution >= 0.6 is 11.3 Å². The van der Waals surface area contributed by atoms with E-state index in [9.17, 15) is 18.3 Å². The molecule has 5 rings (SSSR count). The van der Waals surface area contributed by atoms with Crippen LogP contribution in [0.25, 0.3) is 0 Å². The molecular weight excluding hydrogens is 392 g/mol. The van der Waals surface area contributed by atoms with Crippen molar-refractivity contribution in [2.75, 3.05) is 5.75 Å². The zero-order valence-electron chi connectivity index (χ0n) is 15.8. The van der Waals surface area contributed by atoms with Crippen LogP contribution in [0.2, 0.25) is 0 Å². The van der Waals surface area contributed by atoms with Crippen molar-refractivity contribution in [3.05, 3.63) is 50.9 Å². The number of fused-ring (bicyclic) bond motifs is 2. The summed E-state index contributed by atoms with van der Waals surface area (Å²) in [6.45, 7) is 0. The second kappa shape index (κ2) is 6.51. The highest BCUT2D eigenvalue weighted by Gasteiger charge is 2.43. The number of hydrogen-bond donors (Lipinski definition) is 1. The van der Waals surface area contributed by atoms with Crippen molar-refractivity contribution in [3.8, 4) is 0 Å². The lowest BCUT2D eigenvalue weighted by molar-refractivity contribution is -0.116. The Morgan fingerprint density at radius 3 is 2.29 bits per heavy atom. The molecule has 0 atom stereocenters. The molecule has 1 aromatic heterocycles. The zero-order valence-corrected chi connectivity index (χ0v) is 17.4. The SMILES string of the molecule is O=C(Cc1c2c(cc3c1CCC3)CCC2)CS(=O)(=O)c1cc(C2(O)CC2)cs1. The molecular formula is C22H24O4S2. The standard InChI is InChI=1S/C22H24O4S2/c23-17(13-28(25,26)21-10-16(12-27-21)22(24)7-8-22)11-20-18-5-1-3-14(18)9-15-4-2-6-19(15)20/h9-10,12,24H,1-8,11,13H2. The first-order chi connectivity index (χ1) is 13.4. The first-order valence-corrected chi connectivity index (χ1v) is 12.6. The molecule has 0 saturated heterocycles. The van der Waals surface area contributed by atoms with Crippen molar-refractivity contribution in [2.24, 2.45) is 0 Å². The molecule has 0 aliphatic heterocycles. The van der Waals surface area contributed by atoms with Crippen molar-refractivity contribution in [3.63, 3.8) is 0 Å². The molecule has 4 nitrogen and oxygen atoms in total. The maximum Gasteiger partial charge on any atom is 0.194 e. The van der Waals surface area contributed by atoms with E-state index in [0.717, 1.165) is 55.4 Å². The molecule has 1 N–H and O–H groups in total. The smallest absolute Gasteiger partial charge is 0.194 e. The first kappa shape index (κ1) is 18.5. The fraction of sp³-hybridized carbons (Fsp3) is 0.500. The summed E-state index contributed by atoms with van der Waals surface area (Å²) in [7, 11) is -3.66. The quantitative estimate of drug-likeness (QED) is 0.784. The monoisotopic (exact) mass is 416 g/mol. The van der Waals surface area contributed by atoms with Gasteiger partial charge in [0.15, 0.2) is 15.6 Å². The van der Waals surface area contributed by atoms with Crippen LogP contribution in [0, 0.1) is 0 Å². The van der Waals surface area contributed by atoms with E-state index in [-0.39, 0.29) is 16.4 Å². The van der Waals surface area contributed by atoms with Crippen LogP contribution in [0.4, 0.5) is 0 Å². The molecule has 3 aliphatic carbocycles. The van der Waals surface area contributed by atoms with E-state index in [1.807, 2.05) is 0 Å². The van der Waals surface area contributed by atoms with Gasteiger partial charge in [0.25, 0.3) is 0 Å². The third-order valence-corrected chi connectivity index (χ3v) is 9.67. The summed E-state index contributed by atoms with van der Waals surface area (Å²) in [5.74, 6) is -0.682. The van der Waals surface area contributed by atoms with Gasteiger partial charge in [0, 0.05) is 6.42 Å². The topological polar surface area (TPSA) is 71.4 Å². The number of rotatable bonds is 6. The van der Waals surface area contributed by atoms with Gasteiger partial charge >= 0.3 is 0 Å². The van der Waals surface area contributed by atoms with Crippen LogP contribution in [-0.2, 0) is 52.3 Å². The predicted octanol–water partition coefficient (Wildman–Crippen LogP) is 3.29. The molecule has 0 spiro atoms. The molecule has 0 radical (unpaired) electrons. The van der Waals surface area contributed by atoms with Crippen LogP contribution < -0.4 is 0 Å². The van der Waals surface area contributed by atoms with Gasteiger partial charge in [-0.05, 0) is 96.2 Å². The van der Waals surface area contributed by atoms with E-state index in [1.54, 1.807) is 11.4 Å². The summed E-state index contributed by atoms with van der Waals surface area (Å²) in [6, 6.07) is 3.88. The Labute approximate surface area is 169 Å². The summed E-state index contributed by atoms with van der Waals surface area (Å²) in [5.41, 5.74) is 6.30. The molecule has 0 bridgehead atoms. The van der Waals surface area contributed by atoms with E-state index in [1.165, 1.54) is 22.3 Å². The zero-order chi connectivity index (χ0) is 19.5. The molecule has 148 valence electrons. The van der Waals surface area contributed by atoms with Crippen molar-refractivity contribution >= 4 is 27.0 Å². The largest absolute Gasteiger partial charge is 0.385 e. The number of carbonyl (C=O) groups is 1. The summed E-state index contributed by atoms with van der Waals surface area (Å²) < 4.78 is 25.7. The van der Waals surface area contributed by atoms with E-state index >= 15 is 0 Å². The van der Waals surface area contributed by atoms with E-state index in [0.29, 0.717) is 18.4 Å². The van der Waals surface area contributed by atoms with Gasteiger partial charge < -0.3 is 5.11 Å². The number of aliphatic hydroxyl groups is 1. The van der Waals surface area contributed by atoms with Gasteiger partial charge in [-0.3, -0.25) is 4.79 Å². The number of thiophene rings is 1. The van der Waals surface area contributed by atoms with Crippen LogP contribution in [0.3, 0.4) is 0 Å².